The van der Waals surface area contributed by atoms with Crippen LogP contribution in [-0.2, 0) is 13.0 Å². The highest BCUT2D eigenvalue weighted by Gasteiger charge is 2.18. The average molecular weight is 452 g/mol. The topological polar surface area (TPSA) is 66.1 Å². The average Bonchev–Trinajstić information content (AvgIpc) is 2.78. The summed E-state index contributed by atoms with van der Waals surface area (Å²) in [6, 6.07) is 21.4. The summed E-state index contributed by atoms with van der Waals surface area (Å²) < 4.78 is 0. The van der Waals surface area contributed by atoms with Crippen molar-refractivity contribution in [2.24, 2.45) is 0 Å². The maximum absolute atomic E-state index is 13.2. The van der Waals surface area contributed by atoms with Crippen molar-refractivity contribution in [3.63, 3.8) is 0 Å². The number of hydrogen-bond acceptors (Lipinski definition) is 3. The maximum atomic E-state index is 13.2. The second-order valence-electron chi connectivity index (χ2n) is 7.14. The molecule has 0 radical (unpaired) electrons. The van der Waals surface area contributed by atoms with E-state index in [0.29, 0.717) is 45.3 Å². The zero-order chi connectivity index (χ0) is 21.8. The zero-order valence-corrected chi connectivity index (χ0v) is 18.0. The minimum absolute atomic E-state index is 0.165. The molecule has 0 spiro atoms. The number of rotatable bonds is 6. The maximum Gasteiger partial charge on any atom is 0.258 e. The van der Waals surface area contributed by atoms with Crippen molar-refractivity contribution in [2.45, 2.75) is 13.0 Å². The van der Waals surface area contributed by atoms with Crippen LogP contribution in [0.15, 0.2) is 77.6 Å². The number of hydrogen-bond donors (Lipinski definition) is 1. The van der Waals surface area contributed by atoms with Gasteiger partial charge in [0.05, 0.1) is 17.4 Å². The van der Waals surface area contributed by atoms with Gasteiger partial charge in [-0.05, 0) is 60.5 Å². The van der Waals surface area contributed by atoms with Gasteiger partial charge in [-0.25, -0.2) is 4.98 Å². The van der Waals surface area contributed by atoms with Gasteiger partial charge in [-0.2, -0.15) is 0 Å². The Morgan fingerprint density at radius 1 is 0.903 bits per heavy atom. The quantitative estimate of drug-likeness (QED) is 0.442. The Morgan fingerprint density at radius 2 is 1.55 bits per heavy atom. The Hall–Kier alpha value is -3.15. The molecule has 7 heteroatoms. The van der Waals surface area contributed by atoms with Gasteiger partial charge in [0.2, 0.25) is 0 Å². The lowest BCUT2D eigenvalue weighted by Crippen LogP contribution is -2.34. The fourth-order valence-corrected chi connectivity index (χ4v) is 3.59. The van der Waals surface area contributed by atoms with E-state index in [1.54, 1.807) is 47.4 Å². The Balaban J connectivity index is 1.62. The molecule has 1 heterocycles. The molecule has 0 saturated heterocycles. The van der Waals surface area contributed by atoms with Crippen LogP contribution in [0.4, 0.5) is 0 Å². The number of aromatic nitrogens is 2. The summed E-state index contributed by atoms with van der Waals surface area (Å²) in [6.45, 7) is 0.620. The Kier molecular flexibility index (Phi) is 6.35. The summed E-state index contributed by atoms with van der Waals surface area (Å²) in [4.78, 5) is 34.7. The van der Waals surface area contributed by atoms with Crippen molar-refractivity contribution in [1.82, 2.24) is 14.9 Å². The number of fused-ring (bicyclic) bond motifs is 1. The number of carbonyl (C=O) groups is 1. The molecular weight excluding hydrogens is 433 g/mol. The fourth-order valence-electron chi connectivity index (χ4n) is 3.33. The Bertz CT molecular complexity index is 1270. The second kappa shape index (κ2) is 9.33. The van der Waals surface area contributed by atoms with Crippen LogP contribution >= 0.6 is 23.2 Å². The first-order chi connectivity index (χ1) is 15.0. The van der Waals surface area contributed by atoms with Crippen LogP contribution in [0.2, 0.25) is 10.0 Å². The molecule has 31 heavy (non-hydrogen) atoms. The third-order valence-electron chi connectivity index (χ3n) is 4.96. The van der Waals surface area contributed by atoms with Crippen molar-refractivity contribution >= 4 is 40.0 Å². The molecule has 1 N–H and O–H groups in total. The van der Waals surface area contributed by atoms with Crippen molar-refractivity contribution < 1.29 is 4.79 Å². The molecule has 0 fully saturated rings. The molecule has 4 aromatic rings. The SMILES string of the molecule is O=C(c1ccc(Cl)cc1)N(CCc1ccc(Cl)cc1)Cc1nc2ccccc2c(=O)[nH]1. The van der Waals surface area contributed by atoms with Gasteiger partial charge in [-0.1, -0.05) is 47.5 Å². The number of amides is 1. The molecule has 3 aromatic carbocycles. The fraction of sp³-hybridized carbons (Fsp3) is 0.125. The van der Waals surface area contributed by atoms with Crippen LogP contribution in [0, 0.1) is 0 Å². The van der Waals surface area contributed by atoms with Crippen LogP contribution in [-0.4, -0.2) is 27.3 Å². The van der Waals surface area contributed by atoms with E-state index in [2.05, 4.69) is 9.97 Å². The summed E-state index contributed by atoms with van der Waals surface area (Å²) in [7, 11) is 0. The number of nitrogens with zero attached hydrogens (tertiary/aromatic N) is 2. The molecule has 0 atom stereocenters. The van der Waals surface area contributed by atoms with Gasteiger partial charge in [0.15, 0.2) is 0 Å². The van der Waals surface area contributed by atoms with Crippen molar-refractivity contribution in [3.05, 3.63) is 110 Å². The van der Waals surface area contributed by atoms with Crippen LogP contribution in [0.5, 0.6) is 0 Å². The van der Waals surface area contributed by atoms with E-state index in [0.717, 1.165) is 5.56 Å². The molecule has 5 nitrogen and oxygen atoms in total. The molecule has 156 valence electrons. The number of aromatic amines is 1. The van der Waals surface area contributed by atoms with E-state index in [1.807, 2.05) is 30.3 Å². The number of H-pyrrole nitrogens is 1. The van der Waals surface area contributed by atoms with Crippen LogP contribution in [0.25, 0.3) is 10.9 Å². The van der Waals surface area contributed by atoms with Crippen LogP contribution in [0.1, 0.15) is 21.7 Å². The molecule has 0 aliphatic rings. The summed E-state index contributed by atoms with van der Waals surface area (Å²) in [5.41, 5.74) is 1.94. The summed E-state index contributed by atoms with van der Waals surface area (Å²) >= 11 is 11.9. The third-order valence-corrected chi connectivity index (χ3v) is 5.47. The van der Waals surface area contributed by atoms with Gasteiger partial charge in [0.1, 0.15) is 5.82 Å². The van der Waals surface area contributed by atoms with E-state index >= 15 is 0 Å². The number of para-hydroxylation sites is 1. The molecule has 0 saturated carbocycles. The summed E-state index contributed by atoms with van der Waals surface area (Å²) in [6.07, 6.45) is 0.633. The van der Waals surface area contributed by atoms with Gasteiger partial charge < -0.3 is 9.88 Å². The molecule has 0 bridgehead atoms. The number of carbonyl (C=O) groups excluding carboxylic acids is 1. The Morgan fingerprint density at radius 3 is 2.26 bits per heavy atom. The van der Waals surface area contributed by atoms with Gasteiger partial charge in [0, 0.05) is 22.2 Å². The predicted molar refractivity (Wildman–Crippen MR) is 124 cm³/mol. The molecule has 1 aromatic heterocycles. The lowest BCUT2D eigenvalue weighted by molar-refractivity contribution is 0.0741. The van der Waals surface area contributed by atoms with Gasteiger partial charge in [-0.15, -0.1) is 0 Å². The first kappa shape index (κ1) is 21.1. The molecule has 4 rings (SSSR count). The van der Waals surface area contributed by atoms with E-state index in [-0.39, 0.29) is 18.0 Å². The Labute approximate surface area is 189 Å². The smallest absolute Gasteiger partial charge is 0.258 e. The monoisotopic (exact) mass is 451 g/mol. The number of halogens is 2. The van der Waals surface area contributed by atoms with E-state index in [9.17, 15) is 9.59 Å². The third kappa shape index (κ3) is 5.13. The van der Waals surface area contributed by atoms with Gasteiger partial charge in [-0.3, -0.25) is 9.59 Å². The predicted octanol–water partition coefficient (Wildman–Crippen LogP) is 5.12. The van der Waals surface area contributed by atoms with E-state index < -0.39 is 0 Å². The van der Waals surface area contributed by atoms with E-state index in [4.69, 9.17) is 23.2 Å². The molecule has 0 aliphatic carbocycles. The summed E-state index contributed by atoms with van der Waals surface area (Å²) in [5, 5.41) is 1.74. The van der Waals surface area contributed by atoms with Crippen molar-refractivity contribution in [3.8, 4) is 0 Å². The highest BCUT2D eigenvalue weighted by molar-refractivity contribution is 6.30. The largest absolute Gasteiger partial charge is 0.331 e. The minimum atomic E-state index is -0.225. The normalized spacial score (nSPS) is 10.9. The number of benzene rings is 3. The highest BCUT2D eigenvalue weighted by atomic mass is 35.5. The summed E-state index contributed by atoms with van der Waals surface area (Å²) in [5.74, 6) is 0.267. The number of nitrogens with one attached hydrogen (secondary N) is 1. The van der Waals surface area contributed by atoms with Crippen LogP contribution in [0.3, 0.4) is 0 Å². The molecule has 1 amide bonds. The first-order valence-corrected chi connectivity index (χ1v) is 10.5. The minimum Gasteiger partial charge on any atom is -0.331 e. The van der Waals surface area contributed by atoms with Crippen molar-refractivity contribution in [1.29, 1.82) is 0 Å². The van der Waals surface area contributed by atoms with E-state index in [1.165, 1.54) is 0 Å². The lowest BCUT2D eigenvalue weighted by atomic mass is 10.1. The van der Waals surface area contributed by atoms with Crippen LogP contribution < -0.4 is 5.56 Å². The highest BCUT2D eigenvalue weighted by Crippen LogP contribution is 2.15. The van der Waals surface area contributed by atoms with Gasteiger partial charge >= 0.3 is 0 Å². The molecule has 0 unspecified atom stereocenters. The first-order valence-electron chi connectivity index (χ1n) is 9.77. The molecule has 0 aliphatic heterocycles. The van der Waals surface area contributed by atoms with Gasteiger partial charge in [0.25, 0.3) is 11.5 Å². The zero-order valence-electron chi connectivity index (χ0n) is 16.5. The second-order valence-corrected chi connectivity index (χ2v) is 8.01. The van der Waals surface area contributed by atoms with Crippen molar-refractivity contribution in [2.75, 3.05) is 6.54 Å². The molecular formula is C24H19Cl2N3O2. The lowest BCUT2D eigenvalue weighted by Gasteiger charge is -2.22. The standard InChI is InChI=1S/C24H19Cl2N3O2/c25-18-9-5-16(6-10-18)13-14-29(24(31)17-7-11-19(26)12-8-17)15-22-27-21-4-2-1-3-20(21)23(30)28-22/h1-12H,13-15H2,(H,27,28,30).